The fourth-order valence-corrected chi connectivity index (χ4v) is 1.69. The van der Waals surface area contributed by atoms with Crippen molar-refractivity contribution in [2.24, 2.45) is 0 Å². The van der Waals surface area contributed by atoms with Crippen molar-refractivity contribution in [3.05, 3.63) is 29.3 Å². The lowest BCUT2D eigenvalue weighted by atomic mass is 10.1. The van der Waals surface area contributed by atoms with Crippen molar-refractivity contribution < 1.29 is 9.84 Å². The van der Waals surface area contributed by atoms with E-state index in [9.17, 15) is 5.11 Å². The van der Waals surface area contributed by atoms with Gasteiger partial charge in [-0.3, -0.25) is 0 Å². The molecule has 96 valence electrons. The molecule has 0 spiro atoms. The zero-order valence-electron chi connectivity index (χ0n) is 11.2. The van der Waals surface area contributed by atoms with Crippen LogP contribution in [-0.2, 0) is 0 Å². The van der Waals surface area contributed by atoms with E-state index in [4.69, 9.17) is 4.74 Å². The fourth-order valence-electron chi connectivity index (χ4n) is 1.69. The first-order valence-corrected chi connectivity index (χ1v) is 6.07. The van der Waals surface area contributed by atoms with Gasteiger partial charge in [0.1, 0.15) is 5.75 Å². The highest BCUT2D eigenvalue weighted by molar-refractivity contribution is 5.38. The number of aliphatic hydroxyl groups is 1. The highest BCUT2D eigenvalue weighted by atomic mass is 16.5. The van der Waals surface area contributed by atoms with Crippen LogP contribution in [0.4, 0.5) is 0 Å². The van der Waals surface area contributed by atoms with Gasteiger partial charge in [-0.2, -0.15) is 0 Å². The molecule has 1 aromatic rings. The first kappa shape index (κ1) is 14.0. The molecule has 0 unspecified atom stereocenters. The van der Waals surface area contributed by atoms with Crippen LogP contribution in [0.15, 0.2) is 18.2 Å². The van der Waals surface area contributed by atoms with Crippen molar-refractivity contribution in [1.29, 1.82) is 0 Å². The largest absolute Gasteiger partial charge is 0.493 e. The van der Waals surface area contributed by atoms with Crippen LogP contribution in [0.25, 0.3) is 0 Å². The van der Waals surface area contributed by atoms with E-state index in [2.05, 4.69) is 4.90 Å². The molecule has 0 aromatic heterocycles. The number of hydrogen-bond acceptors (Lipinski definition) is 3. The Hall–Kier alpha value is -1.06. The lowest BCUT2D eigenvalue weighted by Crippen LogP contribution is -2.15. The summed E-state index contributed by atoms with van der Waals surface area (Å²) in [7, 11) is 4.10. The summed E-state index contributed by atoms with van der Waals surface area (Å²) in [6.45, 7) is 5.47. The van der Waals surface area contributed by atoms with E-state index >= 15 is 0 Å². The Morgan fingerprint density at radius 3 is 2.65 bits per heavy atom. The second-order valence-electron chi connectivity index (χ2n) is 4.72. The zero-order valence-corrected chi connectivity index (χ0v) is 11.2. The summed E-state index contributed by atoms with van der Waals surface area (Å²) >= 11 is 0. The molecule has 0 fully saturated rings. The highest BCUT2D eigenvalue weighted by Gasteiger charge is 2.09. The SMILES string of the molecule is Cc1ccc(OCCCN(C)C)c([C@@H](C)O)c1. The summed E-state index contributed by atoms with van der Waals surface area (Å²) in [4.78, 5) is 2.13. The summed E-state index contributed by atoms with van der Waals surface area (Å²) in [6.07, 6.45) is 0.499. The summed E-state index contributed by atoms with van der Waals surface area (Å²) in [5.74, 6) is 0.796. The van der Waals surface area contributed by atoms with Crippen LogP contribution in [0.3, 0.4) is 0 Å². The number of aliphatic hydroxyl groups excluding tert-OH is 1. The topological polar surface area (TPSA) is 32.7 Å². The Balaban J connectivity index is 2.58. The summed E-state index contributed by atoms with van der Waals surface area (Å²) in [5, 5.41) is 9.69. The van der Waals surface area contributed by atoms with Crippen LogP contribution in [0.5, 0.6) is 5.75 Å². The molecule has 0 saturated carbocycles. The average molecular weight is 237 g/mol. The molecule has 0 aliphatic carbocycles. The Labute approximate surface area is 104 Å². The Bertz CT molecular complexity index is 348. The summed E-state index contributed by atoms with van der Waals surface area (Å²) in [5.41, 5.74) is 2.01. The lowest BCUT2D eigenvalue weighted by molar-refractivity contribution is 0.190. The Morgan fingerprint density at radius 2 is 2.06 bits per heavy atom. The maximum Gasteiger partial charge on any atom is 0.125 e. The van der Waals surface area contributed by atoms with Crippen molar-refractivity contribution in [3.63, 3.8) is 0 Å². The van der Waals surface area contributed by atoms with Gasteiger partial charge in [-0.25, -0.2) is 0 Å². The van der Waals surface area contributed by atoms with Crippen LogP contribution in [0.1, 0.15) is 30.6 Å². The maximum atomic E-state index is 9.69. The lowest BCUT2D eigenvalue weighted by Gasteiger charge is -2.15. The van der Waals surface area contributed by atoms with Gasteiger partial charge in [0.25, 0.3) is 0 Å². The van der Waals surface area contributed by atoms with Gasteiger partial charge < -0.3 is 14.7 Å². The third-order valence-electron chi connectivity index (χ3n) is 2.62. The molecule has 0 heterocycles. The molecular weight excluding hydrogens is 214 g/mol. The average Bonchev–Trinajstić information content (AvgIpc) is 2.25. The van der Waals surface area contributed by atoms with Crippen LogP contribution in [-0.4, -0.2) is 37.3 Å². The smallest absolute Gasteiger partial charge is 0.125 e. The molecule has 17 heavy (non-hydrogen) atoms. The van der Waals surface area contributed by atoms with Crippen molar-refractivity contribution in [3.8, 4) is 5.75 Å². The van der Waals surface area contributed by atoms with E-state index in [1.54, 1.807) is 6.92 Å². The van der Waals surface area contributed by atoms with Crippen molar-refractivity contribution >= 4 is 0 Å². The van der Waals surface area contributed by atoms with Gasteiger partial charge in [0, 0.05) is 12.1 Å². The highest BCUT2D eigenvalue weighted by Crippen LogP contribution is 2.26. The molecule has 0 bridgehead atoms. The van der Waals surface area contributed by atoms with Crippen LogP contribution >= 0.6 is 0 Å². The van der Waals surface area contributed by atoms with Gasteiger partial charge in [-0.05, 0) is 46.5 Å². The molecule has 1 N–H and O–H groups in total. The van der Waals surface area contributed by atoms with E-state index in [1.165, 1.54) is 0 Å². The minimum atomic E-state index is -0.487. The summed E-state index contributed by atoms with van der Waals surface area (Å²) in [6, 6.07) is 5.92. The van der Waals surface area contributed by atoms with Crippen molar-refractivity contribution in [2.75, 3.05) is 27.2 Å². The number of rotatable bonds is 6. The van der Waals surface area contributed by atoms with Gasteiger partial charge in [-0.1, -0.05) is 11.6 Å². The van der Waals surface area contributed by atoms with Crippen molar-refractivity contribution in [2.45, 2.75) is 26.4 Å². The Morgan fingerprint density at radius 1 is 1.35 bits per heavy atom. The quantitative estimate of drug-likeness (QED) is 0.771. The molecule has 0 aliphatic rings. The van der Waals surface area contributed by atoms with Crippen LogP contribution in [0.2, 0.25) is 0 Å². The van der Waals surface area contributed by atoms with E-state index in [-0.39, 0.29) is 0 Å². The molecular formula is C14H23NO2. The van der Waals surface area contributed by atoms with Gasteiger partial charge in [0.15, 0.2) is 0 Å². The van der Waals surface area contributed by atoms with Gasteiger partial charge in [0.05, 0.1) is 12.7 Å². The van der Waals surface area contributed by atoms with E-state index in [0.29, 0.717) is 6.61 Å². The second-order valence-corrected chi connectivity index (χ2v) is 4.72. The normalized spacial score (nSPS) is 12.8. The maximum absolute atomic E-state index is 9.69. The molecule has 3 nitrogen and oxygen atoms in total. The summed E-state index contributed by atoms with van der Waals surface area (Å²) < 4.78 is 5.72. The van der Waals surface area contributed by atoms with Crippen LogP contribution < -0.4 is 4.74 Å². The molecule has 1 aromatic carbocycles. The first-order chi connectivity index (χ1) is 8.00. The third kappa shape index (κ3) is 4.75. The third-order valence-corrected chi connectivity index (χ3v) is 2.62. The molecule has 0 amide bonds. The van der Waals surface area contributed by atoms with Gasteiger partial charge in [-0.15, -0.1) is 0 Å². The minimum absolute atomic E-state index is 0.487. The number of ether oxygens (including phenoxy) is 1. The predicted octanol–water partition coefficient (Wildman–Crippen LogP) is 2.38. The molecule has 0 saturated heterocycles. The molecule has 1 rings (SSSR count). The number of hydrogen-bond donors (Lipinski definition) is 1. The fraction of sp³-hybridized carbons (Fsp3) is 0.571. The van der Waals surface area contributed by atoms with Gasteiger partial charge in [0.2, 0.25) is 0 Å². The number of nitrogens with zero attached hydrogens (tertiary/aromatic N) is 1. The number of benzene rings is 1. The van der Waals surface area contributed by atoms with Crippen LogP contribution in [0, 0.1) is 6.92 Å². The second kappa shape index (κ2) is 6.62. The Kier molecular flexibility index (Phi) is 5.45. The van der Waals surface area contributed by atoms with E-state index in [0.717, 1.165) is 29.8 Å². The molecule has 0 radical (unpaired) electrons. The molecule has 1 atom stereocenters. The standard InChI is InChI=1S/C14H23NO2/c1-11-6-7-14(13(10-11)12(2)16)17-9-5-8-15(3)4/h6-7,10,12,16H,5,8-9H2,1-4H3/t12-/m1/s1. The van der Waals surface area contributed by atoms with Crippen molar-refractivity contribution in [1.82, 2.24) is 4.90 Å². The monoisotopic (exact) mass is 237 g/mol. The zero-order chi connectivity index (χ0) is 12.8. The van der Waals surface area contributed by atoms with E-state index < -0.39 is 6.10 Å². The van der Waals surface area contributed by atoms with E-state index in [1.807, 2.05) is 39.2 Å². The number of aryl methyl sites for hydroxylation is 1. The minimum Gasteiger partial charge on any atom is -0.493 e. The molecule has 0 aliphatic heterocycles. The first-order valence-electron chi connectivity index (χ1n) is 6.07. The van der Waals surface area contributed by atoms with Gasteiger partial charge >= 0.3 is 0 Å². The predicted molar refractivity (Wildman–Crippen MR) is 70.5 cm³/mol. The molecule has 3 heteroatoms.